The smallest absolute Gasteiger partial charge is 0.191 e. The highest BCUT2D eigenvalue weighted by Gasteiger charge is 2.09. The number of rotatable bonds is 8. The number of hydrogen-bond acceptors (Lipinski definition) is 3. The minimum Gasteiger partial charge on any atom is -0.357 e. The van der Waals surface area contributed by atoms with Gasteiger partial charge >= 0.3 is 0 Å². The van der Waals surface area contributed by atoms with E-state index in [1.165, 1.54) is 5.56 Å². The van der Waals surface area contributed by atoms with Crippen LogP contribution in [0.5, 0.6) is 0 Å². The van der Waals surface area contributed by atoms with Gasteiger partial charge in [0, 0.05) is 31.2 Å². The summed E-state index contributed by atoms with van der Waals surface area (Å²) in [6.07, 6.45) is 3.85. The van der Waals surface area contributed by atoms with Crippen molar-refractivity contribution >= 4 is 29.9 Å². The van der Waals surface area contributed by atoms with Gasteiger partial charge in [0.05, 0.1) is 24.5 Å². The van der Waals surface area contributed by atoms with Crippen LogP contribution in [0.4, 0.5) is 0 Å². The summed E-state index contributed by atoms with van der Waals surface area (Å²) in [4.78, 5) is 9.37. The third-order valence-electron chi connectivity index (χ3n) is 5.39. The first-order valence-electron chi connectivity index (χ1n) is 11.3. The van der Waals surface area contributed by atoms with Gasteiger partial charge in [-0.3, -0.25) is 0 Å². The van der Waals surface area contributed by atoms with Gasteiger partial charge in [0.25, 0.3) is 0 Å². The summed E-state index contributed by atoms with van der Waals surface area (Å²) in [6, 6.07) is 20.8. The number of aromatic nitrogens is 4. The maximum atomic E-state index is 4.84. The van der Waals surface area contributed by atoms with E-state index in [0.29, 0.717) is 13.1 Å². The molecule has 0 aliphatic rings. The third kappa shape index (κ3) is 6.47. The molecule has 0 saturated heterocycles. The largest absolute Gasteiger partial charge is 0.357 e. The summed E-state index contributed by atoms with van der Waals surface area (Å²) in [5.74, 6) is 1.72. The lowest BCUT2D eigenvalue weighted by Gasteiger charge is -2.14. The van der Waals surface area contributed by atoms with Crippen molar-refractivity contribution in [1.29, 1.82) is 0 Å². The molecule has 2 heterocycles. The van der Waals surface area contributed by atoms with Crippen molar-refractivity contribution in [1.82, 2.24) is 30.0 Å². The van der Waals surface area contributed by atoms with E-state index in [9.17, 15) is 0 Å². The Morgan fingerprint density at radius 1 is 1.00 bits per heavy atom. The summed E-state index contributed by atoms with van der Waals surface area (Å²) < 4.78 is 4.14. The summed E-state index contributed by atoms with van der Waals surface area (Å²) in [5, 5.41) is 11.4. The Labute approximate surface area is 218 Å². The topological polar surface area (TPSA) is 72.1 Å². The van der Waals surface area contributed by atoms with E-state index in [1.54, 1.807) is 0 Å². The van der Waals surface area contributed by atoms with E-state index >= 15 is 0 Å². The first kappa shape index (κ1) is 25.5. The van der Waals surface area contributed by atoms with Gasteiger partial charge in [-0.15, -0.1) is 24.0 Å². The van der Waals surface area contributed by atoms with Crippen LogP contribution in [0.2, 0.25) is 0 Å². The Balaban J connectivity index is 0.00000324. The number of guanidine groups is 1. The van der Waals surface area contributed by atoms with E-state index in [-0.39, 0.29) is 24.0 Å². The van der Waals surface area contributed by atoms with Crippen molar-refractivity contribution in [2.24, 2.45) is 4.99 Å². The van der Waals surface area contributed by atoms with Gasteiger partial charge in [-0.1, -0.05) is 48.5 Å². The van der Waals surface area contributed by atoms with Crippen molar-refractivity contribution in [3.63, 3.8) is 0 Å². The standard InChI is InChI=1S/C26H31N7.HI/c1-4-27-26(30-18-25-28-14-15-32(25)19-22-10-6-5-7-11-22)29-17-23-12-8-9-13-24(23)33-21(3)16-20(2)31-33;/h5-16H,4,17-19H2,1-3H3,(H2,27,29,30);1H. The number of benzene rings is 2. The molecule has 2 aromatic carbocycles. The average Bonchev–Trinajstić information content (AvgIpc) is 3.41. The van der Waals surface area contributed by atoms with Crippen LogP contribution in [0.3, 0.4) is 0 Å². The summed E-state index contributed by atoms with van der Waals surface area (Å²) in [5.41, 5.74) is 5.54. The zero-order valence-corrected chi connectivity index (χ0v) is 22.2. The second-order valence-electron chi connectivity index (χ2n) is 7.97. The predicted octanol–water partition coefficient (Wildman–Crippen LogP) is 4.61. The van der Waals surface area contributed by atoms with E-state index in [0.717, 1.165) is 47.5 Å². The van der Waals surface area contributed by atoms with Gasteiger partial charge in [0.1, 0.15) is 5.82 Å². The molecule has 0 aliphatic heterocycles. The molecule has 0 amide bonds. The second kappa shape index (κ2) is 12.4. The maximum absolute atomic E-state index is 4.84. The minimum absolute atomic E-state index is 0. The number of halogens is 1. The molecule has 0 aliphatic carbocycles. The monoisotopic (exact) mass is 569 g/mol. The van der Waals surface area contributed by atoms with Gasteiger partial charge in [-0.05, 0) is 44.0 Å². The lowest BCUT2D eigenvalue weighted by Crippen LogP contribution is -2.37. The quantitative estimate of drug-likeness (QED) is 0.185. The number of aryl methyl sites for hydroxylation is 2. The number of nitrogens with one attached hydrogen (secondary N) is 2. The number of nitrogens with zero attached hydrogens (tertiary/aromatic N) is 5. The highest BCUT2D eigenvalue weighted by Crippen LogP contribution is 2.18. The molecular weight excluding hydrogens is 537 g/mol. The minimum atomic E-state index is 0. The van der Waals surface area contributed by atoms with Crippen molar-refractivity contribution in [2.75, 3.05) is 6.54 Å². The molecule has 0 bridgehead atoms. The van der Waals surface area contributed by atoms with Crippen LogP contribution in [0.1, 0.15) is 35.3 Å². The summed E-state index contributed by atoms with van der Waals surface area (Å²) in [6.45, 7) is 8.86. The molecule has 2 N–H and O–H groups in total. The zero-order valence-electron chi connectivity index (χ0n) is 19.9. The fourth-order valence-electron chi connectivity index (χ4n) is 3.82. The second-order valence-corrected chi connectivity index (χ2v) is 7.97. The molecule has 8 heteroatoms. The van der Waals surface area contributed by atoms with Gasteiger partial charge in [-0.2, -0.15) is 5.10 Å². The molecule has 0 atom stereocenters. The molecule has 0 saturated carbocycles. The van der Waals surface area contributed by atoms with Crippen LogP contribution < -0.4 is 10.6 Å². The zero-order chi connectivity index (χ0) is 23.0. The van der Waals surface area contributed by atoms with Crippen molar-refractivity contribution in [3.05, 3.63) is 101 Å². The van der Waals surface area contributed by atoms with Gasteiger partial charge < -0.3 is 15.2 Å². The molecule has 0 fully saturated rings. The fraction of sp³-hybridized carbons (Fsp3) is 0.269. The number of aliphatic imine (C=N–C) groups is 1. The number of para-hydroxylation sites is 1. The Kier molecular flexibility index (Phi) is 9.26. The first-order chi connectivity index (χ1) is 16.1. The number of hydrogen-bond donors (Lipinski definition) is 2. The van der Waals surface area contributed by atoms with E-state index in [4.69, 9.17) is 4.99 Å². The van der Waals surface area contributed by atoms with Gasteiger partial charge in [0.15, 0.2) is 5.96 Å². The molecule has 2 aromatic heterocycles. The Morgan fingerprint density at radius 2 is 1.76 bits per heavy atom. The normalized spacial score (nSPS) is 11.2. The van der Waals surface area contributed by atoms with Crippen molar-refractivity contribution in [3.8, 4) is 5.69 Å². The lowest BCUT2D eigenvalue weighted by molar-refractivity contribution is 0.688. The SMILES string of the molecule is CCNC(=NCc1ccccc1-n1nc(C)cc1C)NCc1nccn1Cc1ccccc1.I. The fourth-order valence-corrected chi connectivity index (χ4v) is 3.82. The van der Waals surface area contributed by atoms with Gasteiger partial charge in [0.2, 0.25) is 0 Å². The van der Waals surface area contributed by atoms with Crippen LogP contribution in [0.15, 0.2) is 78.0 Å². The van der Waals surface area contributed by atoms with Gasteiger partial charge in [-0.25, -0.2) is 14.7 Å². The summed E-state index contributed by atoms with van der Waals surface area (Å²) in [7, 11) is 0. The molecular formula is C26H32IN7. The van der Waals surface area contributed by atoms with Crippen molar-refractivity contribution < 1.29 is 0 Å². The third-order valence-corrected chi connectivity index (χ3v) is 5.39. The molecule has 0 radical (unpaired) electrons. The number of imidazole rings is 1. The van der Waals surface area contributed by atoms with Crippen LogP contribution in [-0.2, 0) is 19.6 Å². The van der Waals surface area contributed by atoms with Crippen LogP contribution in [0.25, 0.3) is 5.69 Å². The van der Waals surface area contributed by atoms with Crippen LogP contribution >= 0.6 is 24.0 Å². The molecule has 34 heavy (non-hydrogen) atoms. The Morgan fingerprint density at radius 3 is 2.50 bits per heavy atom. The van der Waals surface area contributed by atoms with Crippen LogP contribution in [0, 0.1) is 13.8 Å². The molecule has 0 unspecified atom stereocenters. The Hall–Kier alpha value is -3.14. The first-order valence-corrected chi connectivity index (χ1v) is 11.3. The van der Waals surface area contributed by atoms with E-state index < -0.39 is 0 Å². The molecule has 0 spiro atoms. The molecule has 7 nitrogen and oxygen atoms in total. The highest BCUT2D eigenvalue weighted by atomic mass is 127. The predicted molar refractivity (Wildman–Crippen MR) is 148 cm³/mol. The lowest BCUT2D eigenvalue weighted by atomic mass is 10.2. The molecule has 178 valence electrons. The average molecular weight is 569 g/mol. The Bertz CT molecular complexity index is 1210. The van der Waals surface area contributed by atoms with E-state index in [2.05, 4.69) is 81.6 Å². The van der Waals surface area contributed by atoms with Crippen molar-refractivity contribution in [2.45, 2.75) is 40.4 Å². The molecule has 4 aromatic rings. The summed E-state index contributed by atoms with van der Waals surface area (Å²) >= 11 is 0. The van der Waals surface area contributed by atoms with E-state index in [1.807, 2.05) is 42.2 Å². The van der Waals surface area contributed by atoms with Crippen LogP contribution in [-0.4, -0.2) is 31.8 Å². The highest BCUT2D eigenvalue weighted by molar-refractivity contribution is 14.0. The molecule has 4 rings (SSSR count). The maximum Gasteiger partial charge on any atom is 0.191 e.